The molecule has 0 fully saturated rings. The van der Waals surface area contributed by atoms with Crippen molar-refractivity contribution < 1.29 is 13.9 Å². The Kier molecular flexibility index (Phi) is 2.70. The maximum absolute atomic E-state index is 13.2. The number of phenolic OH excluding ortho intramolecular Hbond substituents is 1. The summed E-state index contributed by atoms with van der Waals surface area (Å²) < 4.78 is 26.1. The first-order valence-electron chi connectivity index (χ1n) is 4.10. The van der Waals surface area contributed by atoms with Crippen LogP contribution >= 0.6 is 0 Å². The fourth-order valence-corrected chi connectivity index (χ4v) is 1.25. The van der Waals surface area contributed by atoms with Crippen molar-refractivity contribution in [2.45, 2.75) is 19.8 Å². The summed E-state index contributed by atoms with van der Waals surface area (Å²) >= 11 is 0. The van der Waals surface area contributed by atoms with Crippen molar-refractivity contribution in [2.24, 2.45) is 0 Å². The number of nitrogens with zero attached hydrogens (tertiary/aromatic N) is 1. The molecule has 0 aliphatic carbocycles. The quantitative estimate of drug-likeness (QED) is 0.752. The predicted molar refractivity (Wildman–Crippen MR) is 46.8 cm³/mol. The monoisotopic (exact) mass is 197 g/mol. The molecule has 0 heterocycles. The highest BCUT2D eigenvalue weighted by Gasteiger charge is 2.19. The predicted octanol–water partition coefficient (Wildman–Crippen LogP) is 2.67. The summed E-state index contributed by atoms with van der Waals surface area (Å²) in [4.78, 5) is 0. The van der Waals surface area contributed by atoms with Crippen LogP contribution in [0.5, 0.6) is 5.75 Å². The highest BCUT2D eigenvalue weighted by Crippen LogP contribution is 2.32. The lowest BCUT2D eigenvalue weighted by Gasteiger charge is -2.10. The van der Waals surface area contributed by atoms with Crippen LogP contribution in [0.25, 0.3) is 0 Å². The van der Waals surface area contributed by atoms with Crippen LogP contribution in [-0.4, -0.2) is 5.11 Å². The molecule has 0 radical (unpaired) electrons. The van der Waals surface area contributed by atoms with Crippen LogP contribution in [0.2, 0.25) is 0 Å². The average Bonchev–Trinajstić information content (AvgIpc) is 2.11. The molecule has 0 saturated heterocycles. The average molecular weight is 197 g/mol. The molecule has 1 rings (SSSR count). The summed E-state index contributed by atoms with van der Waals surface area (Å²) in [5.74, 6) is -3.04. The highest BCUT2D eigenvalue weighted by atomic mass is 19.2. The number of nitriles is 1. The smallest absolute Gasteiger partial charge is 0.166 e. The summed E-state index contributed by atoms with van der Waals surface area (Å²) in [5.41, 5.74) is -0.394. The van der Waals surface area contributed by atoms with Gasteiger partial charge in [0.1, 0.15) is 11.8 Å². The number of hydrogen-bond donors (Lipinski definition) is 1. The fourth-order valence-electron chi connectivity index (χ4n) is 1.25. The number of phenols is 1. The van der Waals surface area contributed by atoms with E-state index in [4.69, 9.17) is 5.26 Å². The van der Waals surface area contributed by atoms with Gasteiger partial charge < -0.3 is 5.11 Å². The molecule has 74 valence electrons. The summed E-state index contributed by atoms with van der Waals surface area (Å²) in [5, 5.41) is 18.0. The molecule has 0 spiro atoms. The standard InChI is InChI=1S/C10H9F2NO/c1-5(2)8-9(12)7(11)3-6(4-13)10(8)14/h3,5,14H,1-2H3. The van der Waals surface area contributed by atoms with Gasteiger partial charge in [-0.1, -0.05) is 13.8 Å². The normalized spacial score (nSPS) is 10.3. The third-order valence-corrected chi connectivity index (χ3v) is 1.93. The van der Waals surface area contributed by atoms with E-state index in [0.29, 0.717) is 6.07 Å². The molecule has 0 atom stereocenters. The number of benzene rings is 1. The van der Waals surface area contributed by atoms with E-state index >= 15 is 0 Å². The first kappa shape index (κ1) is 10.5. The minimum Gasteiger partial charge on any atom is -0.506 e. The lowest BCUT2D eigenvalue weighted by atomic mass is 9.98. The highest BCUT2D eigenvalue weighted by molar-refractivity contribution is 5.49. The van der Waals surface area contributed by atoms with Crippen molar-refractivity contribution in [1.82, 2.24) is 0 Å². The minimum absolute atomic E-state index is 0.151. The Balaban J connectivity index is 3.55. The third-order valence-electron chi connectivity index (χ3n) is 1.93. The second-order valence-electron chi connectivity index (χ2n) is 3.25. The Bertz CT molecular complexity index is 408. The zero-order chi connectivity index (χ0) is 10.9. The molecule has 1 N–H and O–H groups in total. The number of aromatic hydroxyl groups is 1. The zero-order valence-corrected chi connectivity index (χ0v) is 7.81. The minimum atomic E-state index is -1.11. The SMILES string of the molecule is CC(C)c1c(O)c(C#N)cc(F)c1F. The van der Waals surface area contributed by atoms with E-state index in [-0.39, 0.29) is 17.0 Å². The summed E-state index contributed by atoms with van der Waals surface area (Å²) in [6.45, 7) is 3.22. The van der Waals surface area contributed by atoms with E-state index < -0.39 is 17.4 Å². The van der Waals surface area contributed by atoms with Crippen LogP contribution in [0.4, 0.5) is 8.78 Å². The van der Waals surface area contributed by atoms with Gasteiger partial charge in [-0.15, -0.1) is 0 Å². The summed E-state index contributed by atoms with van der Waals surface area (Å²) in [6.07, 6.45) is 0. The van der Waals surface area contributed by atoms with E-state index in [1.807, 2.05) is 0 Å². The van der Waals surface area contributed by atoms with Crippen LogP contribution in [0.3, 0.4) is 0 Å². The van der Waals surface area contributed by atoms with Gasteiger partial charge in [0, 0.05) is 5.56 Å². The van der Waals surface area contributed by atoms with Gasteiger partial charge in [-0.2, -0.15) is 5.26 Å². The Morgan fingerprint density at radius 1 is 1.43 bits per heavy atom. The second kappa shape index (κ2) is 3.62. The van der Waals surface area contributed by atoms with E-state index in [2.05, 4.69) is 0 Å². The molecular weight excluding hydrogens is 188 g/mol. The van der Waals surface area contributed by atoms with Gasteiger partial charge in [0.2, 0.25) is 0 Å². The molecule has 0 aliphatic rings. The number of halogens is 2. The molecule has 0 amide bonds. The molecule has 0 unspecified atom stereocenters. The first-order valence-corrected chi connectivity index (χ1v) is 4.10. The molecule has 2 nitrogen and oxygen atoms in total. The van der Waals surface area contributed by atoms with E-state index in [1.165, 1.54) is 0 Å². The fraction of sp³-hybridized carbons (Fsp3) is 0.300. The molecule has 14 heavy (non-hydrogen) atoms. The topological polar surface area (TPSA) is 44.0 Å². The lowest BCUT2D eigenvalue weighted by Crippen LogP contribution is -1.99. The van der Waals surface area contributed by atoms with Crippen LogP contribution in [0, 0.1) is 23.0 Å². The molecule has 0 bridgehead atoms. The van der Waals surface area contributed by atoms with E-state index in [9.17, 15) is 13.9 Å². The van der Waals surface area contributed by atoms with Crippen LogP contribution in [0.15, 0.2) is 6.07 Å². The van der Waals surface area contributed by atoms with Gasteiger partial charge in [-0.3, -0.25) is 0 Å². The van der Waals surface area contributed by atoms with Crippen molar-refractivity contribution in [3.8, 4) is 11.8 Å². The lowest BCUT2D eigenvalue weighted by molar-refractivity contribution is 0.434. The Morgan fingerprint density at radius 2 is 2.00 bits per heavy atom. The van der Waals surface area contributed by atoms with Gasteiger partial charge in [0.25, 0.3) is 0 Å². The van der Waals surface area contributed by atoms with Crippen molar-refractivity contribution in [3.63, 3.8) is 0 Å². The molecule has 4 heteroatoms. The Morgan fingerprint density at radius 3 is 2.43 bits per heavy atom. The molecule has 0 aromatic heterocycles. The van der Waals surface area contributed by atoms with Crippen molar-refractivity contribution in [3.05, 3.63) is 28.8 Å². The first-order chi connectivity index (χ1) is 6.49. The maximum atomic E-state index is 13.2. The summed E-state index contributed by atoms with van der Waals surface area (Å²) in [7, 11) is 0. The van der Waals surface area contributed by atoms with Crippen LogP contribution in [0.1, 0.15) is 30.9 Å². The maximum Gasteiger partial charge on any atom is 0.166 e. The van der Waals surface area contributed by atoms with Crippen molar-refractivity contribution >= 4 is 0 Å². The number of hydrogen-bond acceptors (Lipinski definition) is 2. The van der Waals surface area contributed by atoms with Crippen molar-refractivity contribution in [1.29, 1.82) is 5.26 Å². The van der Waals surface area contributed by atoms with Gasteiger partial charge in [-0.05, 0) is 12.0 Å². The molecule has 0 aliphatic heterocycles. The third kappa shape index (κ3) is 1.53. The van der Waals surface area contributed by atoms with E-state index in [1.54, 1.807) is 19.9 Å². The molecule has 1 aromatic carbocycles. The van der Waals surface area contributed by atoms with Gasteiger partial charge in [0.05, 0.1) is 5.56 Å². The van der Waals surface area contributed by atoms with Gasteiger partial charge in [-0.25, -0.2) is 8.78 Å². The zero-order valence-electron chi connectivity index (χ0n) is 7.81. The van der Waals surface area contributed by atoms with Gasteiger partial charge in [0.15, 0.2) is 11.6 Å². The molecule has 1 aromatic rings. The number of rotatable bonds is 1. The van der Waals surface area contributed by atoms with Crippen LogP contribution < -0.4 is 0 Å². The Hall–Kier alpha value is -1.63. The summed E-state index contributed by atoms with van der Waals surface area (Å²) in [6, 6.07) is 2.29. The van der Waals surface area contributed by atoms with E-state index in [0.717, 1.165) is 0 Å². The van der Waals surface area contributed by atoms with Crippen LogP contribution in [-0.2, 0) is 0 Å². The molecular formula is C10H9F2NO. The van der Waals surface area contributed by atoms with Gasteiger partial charge >= 0.3 is 0 Å². The largest absolute Gasteiger partial charge is 0.506 e. The Labute approximate surface area is 80.4 Å². The van der Waals surface area contributed by atoms with Crippen molar-refractivity contribution in [2.75, 3.05) is 0 Å². The molecule has 0 saturated carbocycles. The second-order valence-corrected chi connectivity index (χ2v) is 3.25.